The highest BCUT2D eigenvalue weighted by atomic mass is 16.5. The number of nitrogens with zero attached hydrogens (tertiary/aromatic N) is 1. The first kappa shape index (κ1) is 16.0. The summed E-state index contributed by atoms with van der Waals surface area (Å²) in [5.41, 5.74) is 0.924. The van der Waals surface area contributed by atoms with Gasteiger partial charge in [-0.15, -0.1) is 0 Å². The zero-order chi connectivity index (χ0) is 16.4. The molecule has 1 fully saturated rings. The van der Waals surface area contributed by atoms with Crippen molar-refractivity contribution in [3.05, 3.63) is 23.8 Å². The first-order chi connectivity index (χ1) is 11.1. The van der Waals surface area contributed by atoms with E-state index in [1.165, 1.54) is 12.1 Å². The summed E-state index contributed by atoms with van der Waals surface area (Å²) in [6.45, 7) is 3.21. The summed E-state index contributed by atoms with van der Waals surface area (Å²) in [5.74, 6) is -0.218. The maximum Gasteiger partial charge on any atom is 0.255 e. The zero-order valence-electron chi connectivity index (χ0n) is 13.2. The van der Waals surface area contributed by atoms with Crippen LogP contribution in [0.25, 0.3) is 0 Å². The van der Waals surface area contributed by atoms with Crippen LogP contribution in [0.3, 0.4) is 0 Å². The number of hydrogen-bond donors (Lipinski definition) is 1. The van der Waals surface area contributed by atoms with Gasteiger partial charge in [-0.25, -0.2) is 0 Å². The predicted molar refractivity (Wildman–Crippen MR) is 83.8 cm³/mol. The summed E-state index contributed by atoms with van der Waals surface area (Å²) in [6.07, 6.45) is 1.70. The second kappa shape index (κ2) is 6.68. The number of amides is 1. The Morgan fingerprint density at radius 2 is 2.35 bits per heavy atom. The topological polar surface area (TPSA) is 76.1 Å². The second-order valence-corrected chi connectivity index (χ2v) is 5.98. The maximum atomic E-state index is 12.6. The Kier molecular flexibility index (Phi) is 4.63. The molecule has 2 heterocycles. The van der Waals surface area contributed by atoms with Crippen LogP contribution in [0.1, 0.15) is 36.5 Å². The quantitative estimate of drug-likeness (QED) is 0.917. The molecule has 0 spiro atoms. The smallest absolute Gasteiger partial charge is 0.255 e. The summed E-state index contributed by atoms with van der Waals surface area (Å²) in [5, 5.41) is 9.55. The van der Waals surface area contributed by atoms with Crippen molar-refractivity contribution < 1.29 is 24.2 Å². The van der Waals surface area contributed by atoms with Crippen molar-refractivity contribution in [2.24, 2.45) is 0 Å². The molecule has 1 aromatic carbocycles. The van der Waals surface area contributed by atoms with Crippen molar-refractivity contribution in [1.82, 2.24) is 0 Å². The Morgan fingerprint density at radius 3 is 3.09 bits per heavy atom. The van der Waals surface area contributed by atoms with Crippen molar-refractivity contribution in [2.75, 3.05) is 24.7 Å². The molecule has 2 atom stereocenters. The molecule has 3 rings (SSSR count). The minimum Gasteiger partial charge on any atom is -0.508 e. The molecule has 0 saturated carbocycles. The molecule has 1 saturated heterocycles. The standard InChI is InChI=1S/C17H21NO5/c1-11(23-10-13-3-2-8-22-13)17(21)18-7-6-16(20)14-9-12(19)4-5-15(14)18/h4-5,9,11,13,19H,2-3,6-8,10H2,1H3. The van der Waals surface area contributed by atoms with Crippen molar-refractivity contribution >= 4 is 17.4 Å². The Hall–Kier alpha value is -1.92. The third-order valence-electron chi connectivity index (χ3n) is 4.30. The number of Topliss-reactive ketones (excluding diaryl/α,β-unsaturated/α-hetero) is 1. The molecule has 23 heavy (non-hydrogen) atoms. The number of phenols is 1. The van der Waals surface area contributed by atoms with E-state index in [2.05, 4.69) is 0 Å². The number of ether oxygens (including phenoxy) is 2. The number of ketones is 1. The van der Waals surface area contributed by atoms with Crippen LogP contribution in [0.5, 0.6) is 5.75 Å². The van der Waals surface area contributed by atoms with E-state index in [-0.39, 0.29) is 30.0 Å². The lowest BCUT2D eigenvalue weighted by Gasteiger charge is -2.31. The van der Waals surface area contributed by atoms with E-state index in [1.54, 1.807) is 17.9 Å². The summed E-state index contributed by atoms with van der Waals surface area (Å²) in [7, 11) is 0. The van der Waals surface area contributed by atoms with Gasteiger partial charge in [-0.1, -0.05) is 0 Å². The number of phenolic OH excluding ortho intramolecular Hbond substituents is 1. The minimum atomic E-state index is -0.603. The third kappa shape index (κ3) is 3.38. The van der Waals surface area contributed by atoms with Gasteiger partial charge in [0.15, 0.2) is 5.78 Å². The summed E-state index contributed by atoms with van der Waals surface area (Å²) < 4.78 is 11.1. The van der Waals surface area contributed by atoms with Crippen LogP contribution >= 0.6 is 0 Å². The number of hydrogen-bond acceptors (Lipinski definition) is 5. The van der Waals surface area contributed by atoms with Crippen LogP contribution in [-0.2, 0) is 14.3 Å². The largest absolute Gasteiger partial charge is 0.508 e. The second-order valence-electron chi connectivity index (χ2n) is 5.98. The van der Waals surface area contributed by atoms with Gasteiger partial charge in [-0.2, -0.15) is 0 Å². The number of aromatic hydroxyl groups is 1. The highest BCUT2D eigenvalue weighted by Gasteiger charge is 2.31. The lowest BCUT2D eigenvalue weighted by Crippen LogP contribution is -2.43. The van der Waals surface area contributed by atoms with Gasteiger partial charge >= 0.3 is 0 Å². The van der Waals surface area contributed by atoms with E-state index in [1.807, 2.05) is 0 Å². The molecule has 2 unspecified atom stereocenters. The SMILES string of the molecule is CC(OCC1CCCO1)C(=O)N1CCC(=O)c2cc(O)ccc21. The Morgan fingerprint density at radius 1 is 1.52 bits per heavy atom. The Labute approximate surface area is 135 Å². The average molecular weight is 319 g/mol. The van der Waals surface area contributed by atoms with Gasteiger partial charge in [0, 0.05) is 25.1 Å². The first-order valence-electron chi connectivity index (χ1n) is 7.97. The Balaban J connectivity index is 1.69. The van der Waals surface area contributed by atoms with Crippen LogP contribution in [0.2, 0.25) is 0 Å². The molecule has 6 nitrogen and oxygen atoms in total. The van der Waals surface area contributed by atoms with Gasteiger partial charge < -0.3 is 19.5 Å². The summed E-state index contributed by atoms with van der Waals surface area (Å²) in [4.78, 5) is 26.2. The van der Waals surface area contributed by atoms with Crippen molar-refractivity contribution in [3.63, 3.8) is 0 Å². The van der Waals surface area contributed by atoms with E-state index in [0.29, 0.717) is 24.4 Å². The fourth-order valence-electron chi connectivity index (χ4n) is 3.00. The zero-order valence-corrected chi connectivity index (χ0v) is 13.2. The van der Waals surface area contributed by atoms with Gasteiger partial charge in [0.1, 0.15) is 11.9 Å². The van der Waals surface area contributed by atoms with Crippen LogP contribution in [-0.4, -0.2) is 48.8 Å². The molecule has 2 aliphatic heterocycles. The van der Waals surface area contributed by atoms with Crippen LogP contribution in [0.15, 0.2) is 18.2 Å². The minimum absolute atomic E-state index is 0.0223. The van der Waals surface area contributed by atoms with E-state index in [0.717, 1.165) is 19.4 Å². The average Bonchev–Trinajstić information content (AvgIpc) is 3.06. The monoisotopic (exact) mass is 319 g/mol. The fraction of sp³-hybridized carbons (Fsp3) is 0.529. The number of fused-ring (bicyclic) bond motifs is 1. The molecule has 1 amide bonds. The number of anilines is 1. The molecule has 1 N–H and O–H groups in total. The highest BCUT2D eigenvalue weighted by Crippen LogP contribution is 2.30. The van der Waals surface area contributed by atoms with Gasteiger partial charge in [0.25, 0.3) is 5.91 Å². The van der Waals surface area contributed by atoms with E-state index in [9.17, 15) is 14.7 Å². The number of carbonyl (C=O) groups is 2. The van der Waals surface area contributed by atoms with Crippen molar-refractivity contribution in [3.8, 4) is 5.75 Å². The van der Waals surface area contributed by atoms with Gasteiger partial charge in [0.05, 0.1) is 18.4 Å². The molecule has 0 aliphatic carbocycles. The molecule has 0 bridgehead atoms. The molecule has 0 radical (unpaired) electrons. The van der Waals surface area contributed by atoms with Crippen LogP contribution in [0.4, 0.5) is 5.69 Å². The molecular formula is C17H21NO5. The van der Waals surface area contributed by atoms with E-state index >= 15 is 0 Å². The maximum absolute atomic E-state index is 12.6. The molecule has 2 aliphatic rings. The molecule has 124 valence electrons. The summed E-state index contributed by atoms with van der Waals surface area (Å²) >= 11 is 0. The fourth-order valence-corrected chi connectivity index (χ4v) is 3.00. The lowest BCUT2D eigenvalue weighted by molar-refractivity contribution is -0.131. The predicted octanol–water partition coefficient (Wildman–Crippen LogP) is 1.90. The van der Waals surface area contributed by atoms with Crippen molar-refractivity contribution in [2.45, 2.75) is 38.4 Å². The third-order valence-corrected chi connectivity index (χ3v) is 4.30. The first-order valence-corrected chi connectivity index (χ1v) is 7.97. The molecule has 1 aromatic rings. The van der Waals surface area contributed by atoms with Crippen LogP contribution in [0, 0.1) is 0 Å². The van der Waals surface area contributed by atoms with Gasteiger partial charge in [0.2, 0.25) is 0 Å². The van der Waals surface area contributed by atoms with E-state index < -0.39 is 6.10 Å². The van der Waals surface area contributed by atoms with Crippen LogP contribution < -0.4 is 4.90 Å². The van der Waals surface area contributed by atoms with Gasteiger partial charge in [-0.3, -0.25) is 9.59 Å². The number of rotatable bonds is 4. The lowest BCUT2D eigenvalue weighted by atomic mass is 9.99. The number of carbonyl (C=O) groups excluding carboxylic acids is 2. The molecule has 0 aromatic heterocycles. The summed E-state index contributed by atoms with van der Waals surface area (Å²) in [6, 6.07) is 4.50. The van der Waals surface area contributed by atoms with Gasteiger partial charge in [-0.05, 0) is 38.0 Å². The Bertz CT molecular complexity index is 609. The van der Waals surface area contributed by atoms with E-state index in [4.69, 9.17) is 9.47 Å². The number of benzene rings is 1. The van der Waals surface area contributed by atoms with Crippen molar-refractivity contribution in [1.29, 1.82) is 0 Å². The molecule has 6 heteroatoms. The highest BCUT2D eigenvalue weighted by molar-refractivity contribution is 6.09. The normalized spacial score (nSPS) is 22.0. The molecular weight excluding hydrogens is 298 g/mol.